The van der Waals surface area contributed by atoms with E-state index in [1.807, 2.05) is 24.3 Å². The minimum Gasteiger partial charge on any atom is -0.368 e. The molecule has 0 unspecified atom stereocenters. The average molecular weight is 399 g/mol. The van der Waals surface area contributed by atoms with Crippen LogP contribution in [0.2, 0.25) is 5.02 Å². The second kappa shape index (κ2) is 9.80. The molecule has 0 atom stereocenters. The minimum absolute atomic E-state index is 0.250. The van der Waals surface area contributed by atoms with Gasteiger partial charge in [-0.3, -0.25) is 4.79 Å². The van der Waals surface area contributed by atoms with Crippen LogP contribution >= 0.6 is 11.6 Å². The van der Waals surface area contributed by atoms with Crippen LogP contribution in [0.3, 0.4) is 0 Å². The molecule has 1 aromatic heterocycles. The maximum absolute atomic E-state index is 12.9. The summed E-state index contributed by atoms with van der Waals surface area (Å²) in [6.45, 7) is 1.12. The molecule has 7 heteroatoms. The Kier molecular flexibility index (Phi) is 6.92. The number of halogens is 2. The number of rotatable bonds is 8. The SMILES string of the molecule is O=C(NCCc1ccc(F)cc1)c1cnc(NCCc2cccc(Cl)c2)cn1. The molecule has 28 heavy (non-hydrogen) atoms. The fourth-order valence-electron chi connectivity index (χ4n) is 2.63. The second-order valence-corrected chi connectivity index (χ2v) is 6.66. The molecule has 0 radical (unpaired) electrons. The molecule has 5 nitrogen and oxygen atoms in total. The van der Waals surface area contributed by atoms with Crippen LogP contribution in [-0.4, -0.2) is 29.0 Å². The molecule has 3 rings (SSSR count). The maximum atomic E-state index is 12.9. The number of anilines is 1. The van der Waals surface area contributed by atoms with E-state index in [1.54, 1.807) is 12.1 Å². The number of hydrogen-bond donors (Lipinski definition) is 2. The highest BCUT2D eigenvalue weighted by atomic mass is 35.5. The number of nitrogens with one attached hydrogen (secondary N) is 2. The van der Waals surface area contributed by atoms with E-state index < -0.39 is 0 Å². The van der Waals surface area contributed by atoms with Crippen LogP contribution in [0.5, 0.6) is 0 Å². The van der Waals surface area contributed by atoms with Crippen LogP contribution in [0.4, 0.5) is 10.2 Å². The highest BCUT2D eigenvalue weighted by molar-refractivity contribution is 6.30. The van der Waals surface area contributed by atoms with Gasteiger partial charge in [0.25, 0.3) is 5.91 Å². The van der Waals surface area contributed by atoms with E-state index in [9.17, 15) is 9.18 Å². The van der Waals surface area contributed by atoms with E-state index in [0.29, 0.717) is 30.4 Å². The van der Waals surface area contributed by atoms with Gasteiger partial charge in [0.1, 0.15) is 17.3 Å². The predicted molar refractivity (Wildman–Crippen MR) is 108 cm³/mol. The van der Waals surface area contributed by atoms with Crippen molar-refractivity contribution < 1.29 is 9.18 Å². The zero-order valence-electron chi connectivity index (χ0n) is 15.2. The van der Waals surface area contributed by atoms with Gasteiger partial charge in [-0.1, -0.05) is 35.9 Å². The van der Waals surface area contributed by atoms with Gasteiger partial charge in [-0.2, -0.15) is 0 Å². The Hall–Kier alpha value is -2.99. The van der Waals surface area contributed by atoms with Crippen molar-refractivity contribution in [2.75, 3.05) is 18.4 Å². The van der Waals surface area contributed by atoms with Crippen LogP contribution in [0.1, 0.15) is 21.6 Å². The fourth-order valence-corrected chi connectivity index (χ4v) is 2.84. The number of benzene rings is 2. The van der Waals surface area contributed by atoms with Gasteiger partial charge in [-0.25, -0.2) is 14.4 Å². The highest BCUT2D eigenvalue weighted by Crippen LogP contribution is 2.11. The first-order valence-electron chi connectivity index (χ1n) is 8.93. The number of aromatic nitrogens is 2. The Balaban J connectivity index is 1.42. The summed E-state index contributed by atoms with van der Waals surface area (Å²) in [6, 6.07) is 13.9. The van der Waals surface area contributed by atoms with Crippen molar-refractivity contribution in [2.45, 2.75) is 12.8 Å². The lowest BCUT2D eigenvalue weighted by Crippen LogP contribution is -2.26. The van der Waals surface area contributed by atoms with Crippen molar-refractivity contribution in [3.05, 3.63) is 88.6 Å². The van der Waals surface area contributed by atoms with Crippen molar-refractivity contribution in [3.8, 4) is 0 Å². The van der Waals surface area contributed by atoms with E-state index in [1.165, 1.54) is 24.5 Å². The molecule has 0 saturated carbocycles. The first-order chi connectivity index (χ1) is 13.6. The molecule has 1 amide bonds. The molecule has 0 fully saturated rings. The quantitative estimate of drug-likeness (QED) is 0.604. The number of amides is 1. The third-order valence-electron chi connectivity index (χ3n) is 4.11. The molecule has 0 saturated heterocycles. The van der Waals surface area contributed by atoms with Crippen molar-refractivity contribution in [2.24, 2.45) is 0 Å². The summed E-state index contributed by atoms with van der Waals surface area (Å²) in [7, 11) is 0. The summed E-state index contributed by atoms with van der Waals surface area (Å²) in [5.74, 6) is 0.0364. The molecule has 0 aliphatic rings. The fraction of sp³-hybridized carbons (Fsp3) is 0.190. The molecule has 1 heterocycles. The van der Waals surface area contributed by atoms with Crippen LogP contribution in [0.15, 0.2) is 60.9 Å². The minimum atomic E-state index is -0.292. The lowest BCUT2D eigenvalue weighted by Gasteiger charge is -2.07. The smallest absolute Gasteiger partial charge is 0.271 e. The lowest BCUT2D eigenvalue weighted by atomic mass is 10.1. The summed E-state index contributed by atoms with van der Waals surface area (Å²) < 4.78 is 12.9. The van der Waals surface area contributed by atoms with Gasteiger partial charge in [-0.15, -0.1) is 0 Å². The number of nitrogens with zero attached hydrogens (tertiary/aromatic N) is 2. The molecule has 0 bridgehead atoms. The molecule has 2 N–H and O–H groups in total. The van der Waals surface area contributed by atoms with E-state index in [2.05, 4.69) is 20.6 Å². The Morgan fingerprint density at radius 1 is 0.964 bits per heavy atom. The van der Waals surface area contributed by atoms with Crippen molar-refractivity contribution in [1.82, 2.24) is 15.3 Å². The van der Waals surface area contributed by atoms with Crippen molar-refractivity contribution in [1.29, 1.82) is 0 Å². The van der Waals surface area contributed by atoms with Gasteiger partial charge in [0.05, 0.1) is 12.4 Å². The monoisotopic (exact) mass is 398 g/mol. The Morgan fingerprint density at radius 2 is 1.75 bits per heavy atom. The molecule has 3 aromatic rings. The summed E-state index contributed by atoms with van der Waals surface area (Å²) in [6.07, 6.45) is 4.39. The topological polar surface area (TPSA) is 66.9 Å². The van der Waals surface area contributed by atoms with Gasteiger partial charge in [0.2, 0.25) is 0 Å². The van der Waals surface area contributed by atoms with Crippen LogP contribution in [0.25, 0.3) is 0 Å². The summed E-state index contributed by atoms with van der Waals surface area (Å²) in [4.78, 5) is 20.5. The second-order valence-electron chi connectivity index (χ2n) is 6.23. The Bertz CT molecular complexity index is 916. The largest absolute Gasteiger partial charge is 0.368 e. The van der Waals surface area contributed by atoms with Crippen molar-refractivity contribution >= 4 is 23.3 Å². The molecule has 0 aliphatic heterocycles. The molecule has 2 aromatic carbocycles. The zero-order chi connectivity index (χ0) is 19.8. The first kappa shape index (κ1) is 19.8. The third-order valence-corrected chi connectivity index (χ3v) is 4.34. The standard InChI is InChI=1S/C21H20ClFN4O/c22-17-3-1-2-16(12-17)9-10-24-20-14-26-19(13-27-20)21(28)25-11-8-15-4-6-18(23)7-5-15/h1-7,12-14H,8-11H2,(H,24,27)(H,25,28). The molecular formula is C21H20ClFN4O. The maximum Gasteiger partial charge on any atom is 0.271 e. The third kappa shape index (κ3) is 6.03. The predicted octanol–water partition coefficient (Wildman–Crippen LogP) is 3.90. The number of carbonyl (C=O) groups excluding carboxylic acids is 1. The zero-order valence-corrected chi connectivity index (χ0v) is 15.9. The molecule has 0 spiro atoms. The van der Waals surface area contributed by atoms with E-state index in [-0.39, 0.29) is 17.4 Å². The van der Waals surface area contributed by atoms with E-state index in [0.717, 1.165) is 17.5 Å². The molecular weight excluding hydrogens is 379 g/mol. The van der Waals surface area contributed by atoms with Crippen LogP contribution in [0, 0.1) is 5.82 Å². The van der Waals surface area contributed by atoms with Gasteiger partial charge >= 0.3 is 0 Å². The Labute approximate surface area is 168 Å². The lowest BCUT2D eigenvalue weighted by molar-refractivity contribution is 0.0949. The van der Waals surface area contributed by atoms with Gasteiger partial charge in [0, 0.05) is 18.1 Å². The van der Waals surface area contributed by atoms with Crippen molar-refractivity contribution in [3.63, 3.8) is 0 Å². The Morgan fingerprint density at radius 3 is 2.46 bits per heavy atom. The summed E-state index contributed by atoms with van der Waals surface area (Å²) in [5.41, 5.74) is 2.33. The normalized spacial score (nSPS) is 10.5. The van der Waals surface area contributed by atoms with Gasteiger partial charge in [0.15, 0.2) is 0 Å². The molecule has 0 aliphatic carbocycles. The summed E-state index contributed by atoms with van der Waals surface area (Å²) in [5, 5.41) is 6.67. The number of carbonyl (C=O) groups is 1. The highest BCUT2D eigenvalue weighted by Gasteiger charge is 2.07. The van der Waals surface area contributed by atoms with Crippen LogP contribution in [-0.2, 0) is 12.8 Å². The molecule has 144 valence electrons. The van der Waals surface area contributed by atoms with E-state index >= 15 is 0 Å². The van der Waals surface area contributed by atoms with Gasteiger partial charge < -0.3 is 10.6 Å². The van der Waals surface area contributed by atoms with E-state index in [4.69, 9.17) is 11.6 Å². The summed E-state index contributed by atoms with van der Waals surface area (Å²) >= 11 is 5.97. The van der Waals surface area contributed by atoms with Crippen LogP contribution < -0.4 is 10.6 Å². The van der Waals surface area contributed by atoms with Gasteiger partial charge in [-0.05, 0) is 48.2 Å². The first-order valence-corrected chi connectivity index (χ1v) is 9.31. The number of hydrogen-bond acceptors (Lipinski definition) is 4. The average Bonchev–Trinajstić information content (AvgIpc) is 2.70.